The highest BCUT2D eigenvalue weighted by molar-refractivity contribution is 7.92. The molecule has 0 aromatic heterocycles. The molecule has 7 nitrogen and oxygen atoms in total. The maximum atomic E-state index is 14.5. The predicted molar refractivity (Wildman–Crippen MR) is 181 cm³/mol. The van der Waals surface area contributed by atoms with Gasteiger partial charge in [0.25, 0.3) is 10.0 Å². The van der Waals surface area contributed by atoms with Crippen molar-refractivity contribution >= 4 is 62.3 Å². The maximum absolute atomic E-state index is 14.5. The SMILES string of the molecule is CCC(C)NC(=O)C(Cc1ccccc1)N(Cc1cccc(Cl)c1)C(=O)CN(c1cccc(Cl)c1Cl)S(=O)(=O)c1ccccc1. The number of anilines is 1. The van der Waals surface area contributed by atoms with E-state index >= 15 is 0 Å². The van der Waals surface area contributed by atoms with Crippen LogP contribution in [0.15, 0.2) is 108 Å². The van der Waals surface area contributed by atoms with Crippen LogP contribution >= 0.6 is 34.8 Å². The van der Waals surface area contributed by atoms with Gasteiger partial charge >= 0.3 is 0 Å². The minimum atomic E-state index is -4.31. The van der Waals surface area contributed by atoms with E-state index in [-0.39, 0.29) is 45.5 Å². The van der Waals surface area contributed by atoms with Crippen molar-refractivity contribution in [2.45, 2.75) is 50.2 Å². The van der Waals surface area contributed by atoms with Crippen LogP contribution in [0.1, 0.15) is 31.4 Å². The molecule has 2 unspecified atom stereocenters. The molecule has 0 saturated heterocycles. The minimum Gasteiger partial charge on any atom is -0.352 e. The Morgan fingerprint density at radius 3 is 2.09 bits per heavy atom. The normalized spacial score (nSPS) is 12.6. The van der Waals surface area contributed by atoms with Crippen molar-refractivity contribution in [3.05, 3.63) is 129 Å². The van der Waals surface area contributed by atoms with Crippen LogP contribution in [0.3, 0.4) is 0 Å². The number of carbonyl (C=O) groups is 2. The van der Waals surface area contributed by atoms with Gasteiger partial charge in [0.05, 0.1) is 20.6 Å². The zero-order chi connectivity index (χ0) is 32.6. The summed E-state index contributed by atoms with van der Waals surface area (Å²) in [6.07, 6.45) is 0.876. The lowest BCUT2D eigenvalue weighted by atomic mass is 10.0. The number of benzene rings is 4. The van der Waals surface area contributed by atoms with Crippen molar-refractivity contribution in [3.63, 3.8) is 0 Å². The minimum absolute atomic E-state index is 0.00662. The van der Waals surface area contributed by atoms with E-state index in [0.717, 1.165) is 9.87 Å². The highest BCUT2D eigenvalue weighted by Crippen LogP contribution is 2.35. The van der Waals surface area contributed by atoms with Crippen molar-refractivity contribution in [3.8, 4) is 0 Å². The van der Waals surface area contributed by atoms with Gasteiger partial charge in [-0.05, 0) is 60.9 Å². The summed E-state index contributed by atoms with van der Waals surface area (Å²) in [6.45, 7) is 3.18. The van der Waals surface area contributed by atoms with Crippen LogP contribution in [0.25, 0.3) is 0 Å². The van der Waals surface area contributed by atoms with Gasteiger partial charge in [0.15, 0.2) is 0 Å². The Morgan fingerprint density at radius 1 is 0.822 bits per heavy atom. The third-order valence-corrected chi connectivity index (χ3v) is 10.1. The number of halogens is 3. The number of rotatable bonds is 13. The fourth-order valence-electron chi connectivity index (χ4n) is 4.75. The lowest BCUT2D eigenvalue weighted by molar-refractivity contribution is -0.140. The van der Waals surface area contributed by atoms with Crippen LogP contribution in [0.2, 0.25) is 15.1 Å². The Kier molecular flexibility index (Phi) is 11.9. The highest BCUT2D eigenvalue weighted by Gasteiger charge is 2.35. The second kappa shape index (κ2) is 15.6. The molecule has 0 aliphatic rings. The van der Waals surface area contributed by atoms with E-state index in [2.05, 4.69) is 5.32 Å². The van der Waals surface area contributed by atoms with Crippen molar-refractivity contribution in [1.29, 1.82) is 0 Å². The number of sulfonamides is 1. The second-order valence-corrected chi connectivity index (χ2v) is 13.7. The molecule has 2 amide bonds. The van der Waals surface area contributed by atoms with Gasteiger partial charge < -0.3 is 10.2 Å². The largest absolute Gasteiger partial charge is 0.352 e. The molecule has 1 N–H and O–H groups in total. The molecule has 45 heavy (non-hydrogen) atoms. The molecule has 11 heteroatoms. The average molecular weight is 687 g/mol. The van der Waals surface area contributed by atoms with E-state index < -0.39 is 28.5 Å². The Labute approximate surface area is 279 Å². The Bertz CT molecular complexity index is 1720. The first-order valence-electron chi connectivity index (χ1n) is 14.4. The molecule has 0 radical (unpaired) electrons. The van der Waals surface area contributed by atoms with E-state index in [1.165, 1.54) is 29.2 Å². The zero-order valence-electron chi connectivity index (χ0n) is 24.9. The standard InChI is InChI=1S/C34H34Cl3N3O4S/c1-3-24(2)38-34(42)31(21-25-12-6-4-7-13-25)39(22-26-14-10-15-27(35)20-26)32(41)23-40(30-19-11-18-29(36)33(30)37)45(43,44)28-16-8-5-9-17-28/h4-20,24,31H,3,21-23H2,1-2H3,(H,38,42). The van der Waals surface area contributed by atoms with Gasteiger partial charge in [-0.1, -0.05) is 108 Å². The van der Waals surface area contributed by atoms with Gasteiger partial charge in [0.1, 0.15) is 12.6 Å². The Morgan fingerprint density at radius 2 is 1.44 bits per heavy atom. The van der Waals surface area contributed by atoms with Crippen LogP contribution in [0, 0.1) is 0 Å². The smallest absolute Gasteiger partial charge is 0.264 e. The average Bonchev–Trinajstić information content (AvgIpc) is 3.03. The first kappa shape index (κ1) is 34.3. The monoisotopic (exact) mass is 685 g/mol. The number of hydrogen-bond donors (Lipinski definition) is 1. The molecule has 236 valence electrons. The summed E-state index contributed by atoms with van der Waals surface area (Å²) < 4.78 is 29.1. The van der Waals surface area contributed by atoms with Gasteiger partial charge in [-0.15, -0.1) is 0 Å². The first-order valence-corrected chi connectivity index (χ1v) is 17.0. The molecule has 0 fully saturated rings. The van der Waals surface area contributed by atoms with Gasteiger partial charge in [-0.2, -0.15) is 0 Å². The van der Waals surface area contributed by atoms with Crippen molar-refractivity contribution in [1.82, 2.24) is 10.2 Å². The number of carbonyl (C=O) groups excluding carboxylic acids is 2. The summed E-state index contributed by atoms with van der Waals surface area (Å²) >= 11 is 19.1. The summed E-state index contributed by atoms with van der Waals surface area (Å²) in [5.74, 6) is -0.979. The van der Waals surface area contributed by atoms with E-state index in [1.54, 1.807) is 48.5 Å². The summed E-state index contributed by atoms with van der Waals surface area (Å²) in [6, 6.07) is 27.5. The fourth-order valence-corrected chi connectivity index (χ4v) is 6.85. The number of nitrogens with zero attached hydrogens (tertiary/aromatic N) is 2. The Balaban J connectivity index is 1.83. The van der Waals surface area contributed by atoms with Crippen LogP contribution in [-0.2, 0) is 32.6 Å². The summed E-state index contributed by atoms with van der Waals surface area (Å²) in [4.78, 5) is 29.8. The van der Waals surface area contributed by atoms with Crippen molar-refractivity contribution in [2.75, 3.05) is 10.8 Å². The van der Waals surface area contributed by atoms with E-state index in [4.69, 9.17) is 34.8 Å². The number of amides is 2. The third-order valence-electron chi connectivity index (χ3n) is 7.32. The molecule has 4 aromatic carbocycles. The first-order chi connectivity index (χ1) is 21.5. The van der Waals surface area contributed by atoms with Crippen molar-refractivity contribution < 1.29 is 18.0 Å². The van der Waals surface area contributed by atoms with Gasteiger partial charge in [-0.3, -0.25) is 13.9 Å². The number of nitrogens with one attached hydrogen (secondary N) is 1. The lowest BCUT2D eigenvalue weighted by Crippen LogP contribution is -2.54. The quantitative estimate of drug-likeness (QED) is 0.159. The lowest BCUT2D eigenvalue weighted by Gasteiger charge is -2.34. The van der Waals surface area contributed by atoms with Crippen LogP contribution in [-0.4, -0.2) is 43.8 Å². The van der Waals surface area contributed by atoms with Crippen LogP contribution < -0.4 is 9.62 Å². The molecule has 0 heterocycles. The van der Waals surface area contributed by atoms with E-state index in [0.29, 0.717) is 17.0 Å². The van der Waals surface area contributed by atoms with E-state index in [9.17, 15) is 18.0 Å². The summed E-state index contributed by atoms with van der Waals surface area (Å²) in [5, 5.41) is 3.57. The van der Waals surface area contributed by atoms with Crippen molar-refractivity contribution in [2.24, 2.45) is 0 Å². The third kappa shape index (κ3) is 8.79. The van der Waals surface area contributed by atoms with Crippen LogP contribution in [0.5, 0.6) is 0 Å². The van der Waals surface area contributed by atoms with Gasteiger partial charge in [0.2, 0.25) is 11.8 Å². The molecular formula is C34H34Cl3N3O4S. The Hall–Kier alpha value is -3.56. The zero-order valence-corrected chi connectivity index (χ0v) is 28.0. The van der Waals surface area contributed by atoms with Gasteiger partial charge in [-0.25, -0.2) is 8.42 Å². The summed E-state index contributed by atoms with van der Waals surface area (Å²) in [5.41, 5.74) is 1.54. The molecule has 2 atom stereocenters. The fraction of sp³-hybridized carbons (Fsp3) is 0.235. The van der Waals surface area contributed by atoms with Gasteiger partial charge in [0, 0.05) is 24.0 Å². The molecule has 4 aromatic rings. The van der Waals surface area contributed by atoms with Crippen LogP contribution in [0.4, 0.5) is 5.69 Å². The molecular weight excluding hydrogens is 653 g/mol. The highest BCUT2D eigenvalue weighted by atomic mass is 35.5. The topological polar surface area (TPSA) is 86.8 Å². The molecule has 0 spiro atoms. The molecule has 4 rings (SSSR count). The molecule has 0 saturated carbocycles. The predicted octanol–water partition coefficient (Wildman–Crippen LogP) is 7.40. The molecule has 0 aliphatic carbocycles. The summed E-state index contributed by atoms with van der Waals surface area (Å²) in [7, 11) is -4.31. The molecule has 0 bridgehead atoms. The second-order valence-electron chi connectivity index (χ2n) is 10.6. The number of hydrogen-bond acceptors (Lipinski definition) is 4. The van der Waals surface area contributed by atoms with E-state index in [1.807, 2.05) is 44.2 Å². The maximum Gasteiger partial charge on any atom is 0.264 e. The molecule has 0 aliphatic heterocycles.